The number of H-pyrrole nitrogens is 1. The topological polar surface area (TPSA) is 144 Å². The molecule has 2 amide bonds. The van der Waals surface area contributed by atoms with Crippen molar-refractivity contribution in [2.24, 2.45) is 0 Å². The maximum Gasteiger partial charge on any atom is 0.418 e. The lowest BCUT2D eigenvalue weighted by atomic mass is 10.1. The molecule has 3 aromatic rings. The molecule has 1 N–H and O–H groups in total. The zero-order valence-electron chi connectivity index (χ0n) is 15.9. The van der Waals surface area contributed by atoms with Crippen LogP contribution in [0.15, 0.2) is 28.6 Å². The van der Waals surface area contributed by atoms with Crippen LogP contribution in [0.4, 0.5) is 18.9 Å². The number of fused-ring (bicyclic) bond motifs is 3. The second-order valence-corrected chi connectivity index (χ2v) is 6.43. The molecule has 14 heteroatoms. The Morgan fingerprint density at radius 3 is 2.56 bits per heavy atom. The number of aldehydes is 1. The van der Waals surface area contributed by atoms with Crippen LogP contribution >= 0.6 is 0 Å². The van der Waals surface area contributed by atoms with Crippen molar-refractivity contribution in [1.82, 2.24) is 19.6 Å². The lowest BCUT2D eigenvalue weighted by Crippen LogP contribution is -2.33. The quantitative estimate of drug-likeness (QED) is 0.266. The molecular formula is C18H10F3N5O6. The lowest BCUT2D eigenvalue weighted by Gasteiger charge is -2.20. The van der Waals surface area contributed by atoms with Gasteiger partial charge in [-0.3, -0.25) is 19.2 Å². The predicted octanol–water partition coefficient (Wildman–Crippen LogP) is 0.765. The van der Waals surface area contributed by atoms with Crippen molar-refractivity contribution in [3.63, 3.8) is 0 Å². The fraction of sp³-hybridized carbons (Fsp3) is 0.167. The van der Waals surface area contributed by atoms with Crippen molar-refractivity contribution >= 4 is 46.4 Å². The van der Waals surface area contributed by atoms with Crippen molar-refractivity contribution in [1.29, 1.82) is 0 Å². The van der Waals surface area contributed by atoms with Crippen LogP contribution in [0.5, 0.6) is 0 Å². The van der Waals surface area contributed by atoms with E-state index < -0.39 is 57.8 Å². The second kappa shape index (κ2) is 7.11. The Kier molecular flexibility index (Phi) is 4.64. The van der Waals surface area contributed by atoms with E-state index in [2.05, 4.69) is 15.1 Å². The Bertz CT molecular complexity index is 1430. The number of amides is 2. The number of imide groups is 1. The van der Waals surface area contributed by atoms with Gasteiger partial charge in [-0.05, 0) is 19.1 Å². The number of alkyl halides is 3. The summed E-state index contributed by atoms with van der Waals surface area (Å²) >= 11 is 0. The van der Waals surface area contributed by atoms with Gasteiger partial charge < -0.3 is 9.72 Å². The molecule has 11 nitrogen and oxygen atoms in total. The number of hydrogen-bond acceptors (Lipinski definition) is 8. The molecular weight excluding hydrogens is 439 g/mol. The van der Waals surface area contributed by atoms with Crippen LogP contribution in [0.1, 0.15) is 23.1 Å². The highest BCUT2D eigenvalue weighted by atomic mass is 19.4. The zero-order valence-corrected chi connectivity index (χ0v) is 15.9. The summed E-state index contributed by atoms with van der Waals surface area (Å²) in [5.41, 5.74) is -4.88. The van der Waals surface area contributed by atoms with E-state index in [-0.39, 0.29) is 28.8 Å². The summed E-state index contributed by atoms with van der Waals surface area (Å²) in [5, 5.41) is 3.82. The highest BCUT2D eigenvalue weighted by Crippen LogP contribution is 2.40. The van der Waals surface area contributed by atoms with E-state index in [1.165, 1.54) is 6.92 Å². The number of esters is 1. The largest absolute Gasteiger partial charge is 0.460 e. The van der Waals surface area contributed by atoms with Crippen LogP contribution in [0, 0.1) is 0 Å². The van der Waals surface area contributed by atoms with E-state index in [1.54, 1.807) is 0 Å². The fourth-order valence-electron chi connectivity index (χ4n) is 3.15. The van der Waals surface area contributed by atoms with Gasteiger partial charge in [-0.1, -0.05) is 0 Å². The van der Waals surface area contributed by atoms with E-state index in [0.717, 1.165) is 10.6 Å². The third kappa shape index (κ3) is 3.12. The molecule has 0 fully saturated rings. The van der Waals surface area contributed by atoms with Crippen molar-refractivity contribution < 1.29 is 37.1 Å². The highest BCUT2D eigenvalue weighted by molar-refractivity contribution is 6.36. The SMILES string of the molecule is CCOC(=O)c1nc2c(=O)[nH]c3cc(C(F)(F)F)c(N4C(=O)C=C(C=O)C4=O)cc3n2n1. The minimum Gasteiger partial charge on any atom is -0.460 e. The normalized spacial score (nSPS) is 14.4. The van der Waals surface area contributed by atoms with Crippen LogP contribution in [0.2, 0.25) is 0 Å². The Labute approximate surface area is 174 Å². The molecule has 0 bridgehead atoms. The molecule has 0 saturated heterocycles. The van der Waals surface area contributed by atoms with E-state index in [0.29, 0.717) is 12.1 Å². The van der Waals surface area contributed by atoms with Crippen molar-refractivity contribution in [2.45, 2.75) is 13.1 Å². The molecule has 1 aromatic carbocycles. The number of rotatable bonds is 4. The predicted molar refractivity (Wildman–Crippen MR) is 98.7 cm³/mol. The average Bonchev–Trinajstić information content (AvgIpc) is 3.29. The number of carbonyl (C=O) groups excluding carboxylic acids is 4. The Balaban J connectivity index is 2.04. The first kappa shape index (κ1) is 20.9. The summed E-state index contributed by atoms with van der Waals surface area (Å²) in [5.74, 6) is -3.90. The molecule has 164 valence electrons. The molecule has 1 aliphatic heterocycles. The Morgan fingerprint density at radius 1 is 1.25 bits per heavy atom. The molecule has 0 spiro atoms. The molecule has 0 aliphatic carbocycles. The monoisotopic (exact) mass is 449 g/mol. The number of ether oxygens (including phenoxy) is 1. The molecule has 0 radical (unpaired) electrons. The second-order valence-electron chi connectivity index (χ2n) is 6.43. The summed E-state index contributed by atoms with van der Waals surface area (Å²) in [6.45, 7) is 1.50. The number of aromatic nitrogens is 4. The van der Waals surface area contributed by atoms with Gasteiger partial charge in [0.05, 0.1) is 34.5 Å². The number of nitrogens with one attached hydrogen (secondary N) is 1. The Morgan fingerprint density at radius 2 is 1.97 bits per heavy atom. The number of benzene rings is 1. The highest BCUT2D eigenvalue weighted by Gasteiger charge is 2.41. The lowest BCUT2D eigenvalue weighted by molar-refractivity contribution is -0.137. The number of nitrogens with zero attached hydrogens (tertiary/aromatic N) is 4. The van der Waals surface area contributed by atoms with Crippen molar-refractivity contribution in [3.05, 3.63) is 45.5 Å². The van der Waals surface area contributed by atoms with Crippen LogP contribution < -0.4 is 10.5 Å². The molecule has 0 unspecified atom stereocenters. The van der Waals surface area contributed by atoms with Gasteiger partial charge in [-0.25, -0.2) is 14.2 Å². The summed E-state index contributed by atoms with van der Waals surface area (Å²) in [6, 6.07) is 1.29. The summed E-state index contributed by atoms with van der Waals surface area (Å²) < 4.78 is 46.8. The van der Waals surface area contributed by atoms with Gasteiger partial charge in [0.2, 0.25) is 5.65 Å². The number of halogens is 3. The molecule has 2 aromatic heterocycles. The fourth-order valence-corrected chi connectivity index (χ4v) is 3.15. The molecule has 0 atom stereocenters. The van der Waals surface area contributed by atoms with E-state index in [4.69, 9.17) is 4.74 Å². The number of aromatic amines is 1. The molecule has 0 saturated carbocycles. The summed E-state index contributed by atoms with van der Waals surface area (Å²) in [6.07, 6.45) is -4.39. The van der Waals surface area contributed by atoms with Gasteiger partial charge in [0.25, 0.3) is 23.2 Å². The van der Waals surface area contributed by atoms with Crippen LogP contribution in [-0.4, -0.2) is 50.3 Å². The third-order valence-corrected chi connectivity index (χ3v) is 4.48. The van der Waals surface area contributed by atoms with Gasteiger partial charge in [0, 0.05) is 6.08 Å². The van der Waals surface area contributed by atoms with Crippen LogP contribution in [-0.2, 0) is 25.3 Å². The first-order valence-electron chi connectivity index (χ1n) is 8.83. The van der Waals surface area contributed by atoms with Crippen molar-refractivity contribution in [2.75, 3.05) is 11.5 Å². The summed E-state index contributed by atoms with van der Waals surface area (Å²) in [4.78, 5) is 65.8. The van der Waals surface area contributed by atoms with E-state index in [1.807, 2.05) is 0 Å². The van der Waals surface area contributed by atoms with E-state index in [9.17, 15) is 37.1 Å². The minimum absolute atomic E-state index is 0.0180. The van der Waals surface area contributed by atoms with Gasteiger partial charge in [0.15, 0.2) is 6.29 Å². The van der Waals surface area contributed by atoms with Crippen LogP contribution in [0.25, 0.3) is 16.7 Å². The van der Waals surface area contributed by atoms with Gasteiger partial charge in [-0.15, -0.1) is 5.10 Å². The first-order valence-corrected chi connectivity index (χ1v) is 8.83. The Hall–Kier alpha value is -4.36. The maximum atomic E-state index is 13.7. The standard InChI is InChI=1S/C18H10F3N5O6/c1-2-32-17(31)13-23-14-15(29)22-9-4-8(18(19,20)21)10(5-11(9)26(14)24-13)25-12(28)3-7(6-27)16(25)30/h3-6H,2H2,1H3,(H,22,29). The number of anilines is 1. The summed E-state index contributed by atoms with van der Waals surface area (Å²) in [7, 11) is 0. The van der Waals surface area contributed by atoms with Gasteiger partial charge in [0.1, 0.15) is 0 Å². The smallest absolute Gasteiger partial charge is 0.418 e. The van der Waals surface area contributed by atoms with E-state index >= 15 is 0 Å². The van der Waals surface area contributed by atoms with Crippen molar-refractivity contribution in [3.8, 4) is 0 Å². The minimum atomic E-state index is -5.04. The average molecular weight is 449 g/mol. The molecule has 4 rings (SSSR count). The first-order chi connectivity index (χ1) is 15.1. The molecule has 32 heavy (non-hydrogen) atoms. The van der Waals surface area contributed by atoms with Crippen LogP contribution in [0.3, 0.4) is 0 Å². The molecule has 1 aliphatic rings. The molecule has 3 heterocycles. The zero-order chi connectivity index (χ0) is 23.4. The number of hydrogen-bond donors (Lipinski definition) is 1. The third-order valence-electron chi connectivity index (χ3n) is 4.48. The van der Waals surface area contributed by atoms with Gasteiger partial charge >= 0.3 is 12.1 Å². The number of carbonyl (C=O) groups is 4. The maximum absolute atomic E-state index is 13.7. The van der Waals surface area contributed by atoms with Gasteiger partial charge in [-0.2, -0.15) is 18.2 Å².